The number of anilines is 1. The highest BCUT2D eigenvalue weighted by molar-refractivity contribution is 5.79. The molecule has 0 aliphatic rings. The van der Waals surface area contributed by atoms with Crippen molar-refractivity contribution in [1.29, 1.82) is 0 Å². The van der Waals surface area contributed by atoms with Gasteiger partial charge in [-0.15, -0.1) is 0 Å². The average Bonchev–Trinajstić information content (AvgIpc) is 3.05. The zero-order chi connectivity index (χ0) is 15.9. The molecule has 2 aromatic rings. The summed E-state index contributed by atoms with van der Waals surface area (Å²) in [5, 5.41) is 7.08. The number of amides is 1. The molecule has 0 radical (unpaired) electrons. The molecule has 0 fully saturated rings. The molecule has 1 unspecified atom stereocenters. The van der Waals surface area contributed by atoms with E-state index in [2.05, 4.69) is 53.4 Å². The van der Waals surface area contributed by atoms with Crippen LogP contribution in [0.2, 0.25) is 0 Å². The minimum absolute atomic E-state index is 0.0102. The molecule has 1 N–H and O–H groups in total. The summed E-state index contributed by atoms with van der Waals surface area (Å²) in [7, 11) is 0. The lowest BCUT2D eigenvalue weighted by Gasteiger charge is -2.24. The summed E-state index contributed by atoms with van der Waals surface area (Å²) in [5.41, 5.74) is 2.43. The van der Waals surface area contributed by atoms with E-state index in [1.54, 1.807) is 17.1 Å². The maximum Gasteiger partial charge on any atom is 0.244 e. The number of aromatic nitrogens is 2. The molecule has 2 rings (SSSR count). The van der Waals surface area contributed by atoms with Crippen molar-refractivity contribution in [1.82, 2.24) is 15.1 Å². The highest BCUT2D eigenvalue weighted by atomic mass is 16.2. The van der Waals surface area contributed by atoms with Crippen LogP contribution < -0.4 is 10.2 Å². The van der Waals surface area contributed by atoms with Crippen molar-refractivity contribution in [2.45, 2.75) is 26.8 Å². The van der Waals surface area contributed by atoms with Crippen molar-refractivity contribution in [2.75, 3.05) is 24.5 Å². The first kappa shape index (κ1) is 16.1. The summed E-state index contributed by atoms with van der Waals surface area (Å²) in [5.74, 6) is -0.0102. The average molecular weight is 300 g/mol. The van der Waals surface area contributed by atoms with E-state index in [1.165, 1.54) is 11.3 Å². The van der Waals surface area contributed by atoms with Gasteiger partial charge in [0.15, 0.2) is 0 Å². The number of benzene rings is 1. The third-order valence-corrected chi connectivity index (χ3v) is 3.73. The van der Waals surface area contributed by atoms with Crippen LogP contribution in [0.25, 0.3) is 0 Å². The summed E-state index contributed by atoms with van der Waals surface area (Å²) in [6.07, 6.45) is 3.48. The molecule has 0 aliphatic heterocycles. The topological polar surface area (TPSA) is 50.2 Å². The van der Waals surface area contributed by atoms with Crippen LogP contribution >= 0.6 is 0 Å². The molecule has 0 bridgehead atoms. The van der Waals surface area contributed by atoms with E-state index in [4.69, 9.17) is 0 Å². The van der Waals surface area contributed by atoms with E-state index >= 15 is 0 Å². The molecule has 1 atom stereocenters. The Morgan fingerprint density at radius 2 is 2.23 bits per heavy atom. The molecule has 0 saturated heterocycles. The van der Waals surface area contributed by atoms with Gasteiger partial charge in [0.1, 0.15) is 6.04 Å². The Kier molecular flexibility index (Phi) is 5.58. The highest BCUT2D eigenvalue weighted by Gasteiger charge is 2.14. The van der Waals surface area contributed by atoms with E-state index < -0.39 is 0 Å². The normalized spacial score (nSPS) is 12.0. The number of aryl methyl sites for hydroxylation is 1. The monoisotopic (exact) mass is 300 g/mol. The van der Waals surface area contributed by atoms with Gasteiger partial charge in [-0.1, -0.05) is 12.1 Å². The molecule has 0 spiro atoms. The van der Waals surface area contributed by atoms with Crippen molar-refractivity contribution in [2.24, 2.45) is 0 Å². The van der Waals surface area contributed by atoms with Gasteiger partial charge in [0.25, 0.3) is 0 Å². The smallest absolute Gasteiger partial charge is 0.244 e. The molecule has 1 aromatic heterocycles. The Balaban J connectivity index is 1.85. The first-order chi connectivity index (χ1) is 10.6. The van der Waals surface area contributed by atoms with Crippen LogP contribution in [0.3, 0.4) is 0 Å². The van der Waals surface area contributed by atoms with Crippen molar-refractivity contribution < 1.29 is 4.79 Å². The lowest BCUT2D eigenvalue weighted by molar-refractivity contribution is -0.124. The molecule has 5 nitrogen and oxygen atoms in total. The van der Waals surface area contributed by atoms with Crippen LogP contribution in [-0.4, -0.2) is 35.3 Å². The fourth-order valence-corrected chi connectivity index (χ4v) is 2.39. The predicted octanol–water partition coefficient (Wildman–Crippen LogP) is 2.40. The van der Waals surface area contributed by atoms with Gasteiger partial charge in [0, 0.05) is 37.7 Å². The predicted molar refractivity (Wildman–Crippen MR) is 89.0 cm³/mol. The third kappa shape index (κ3) is 4.10. The molecule has 5 heteroatoms. The van der Waals surface area contributed by atoms with Crippen LogP contribution in [0.4, 0.5) is 5.69 Å². The summed E-state index contributed by atoms with van der Waals surface area (Å²) >= 11 is 0. The maximum atomic E-state index is 12.1. The quantitative estimate of drug-likeness (QED) is 0.854. The van der Waals surface area contributed by atoms with E-state index in [9.17, 15) is 4.79 Å². The Bertz CT molecular complexity index is 594. The second-order valence-corrected chi connectivity index (χ2v) is 5.37. The number of hydrogen-bond acceptors (Lipinski definition) is 3. The summed E-state index contributed by atoms with van der Waals surface area (Å²) in [6.45, 7) is 8.37. The Labute approximate surface area is 131 Å². The van der Waals surface area contributed by atoms with E-state index in [-0.39, 0.29) is 11.9 Å². The van der Waals surface area contributed by atoms with Crippen molar-refractivity contribution in [3.05, 3.63) is 48.3 Å². The molecular weight excluding hydrogens is 276 g/mol. The number of nitrogens with one attached hydrogen (secondary N) is 1. The summed E-state index contributed by atoms with van der Waals surface area (Å²) < 4.78 is 1.66. The van der Waals surface area contributed by atoms with Crippen molar-refractivity contribution in [3.63, 3.8) is 0 Å². The fraction of sp³-hybridized carbons (Fsp3) is 0.412. The second kappa shape index (κ2) is 7.64. The summed E-state index contributed by atoms with van der Waals surface area (Å²) in [4.78, 5) is 14.4. The molecule has 0 aliphatic carbocycles. The van der Waals surface area contributed by atoms with Gasteiger partial charge in [0.2, 0.25) is 5.91 Å². The van der Waals surface area contributed by atoms with Crippen molar-refractivity contribution >= 4 is 11.6 Å². The Morgan fingerprint density at radius 3 is 2.86 bits per heavy atom. The van der Waals surface area contributed by atoms with Crippen LogP contribution in [0.15, 0.2) is 42.7 Å². The van der Waals surface area contributed by atoms with Crippen molar-refractivity contribution in [3.8, 4) is 0 Å². The minimum Gasteiger partial charge on any atom is -0.370 e. The Morgan fingerprint density at radius 1 is 1.41 bits per heavy atom. The number of carbonyl (C=O) groups excluding carboxylic acids is 1. The number of hydrogen-bond donors (Lipinski definition) is 1. The van der Waals surface area contributed by atoms with E-state index in [0.717, 1.165) is 13.1 Å². The second-order valence-electron chi connectivity index (χ2n) is 5.37. The van der Waals surface area contributed by atoms with Gasteiger partial charge in [0.05, 0.1) is 0 Å². The fourth-order valence-electron chi connectivity index (χ4n) is 2.39. The standard InChI is InChI=1S/C17H24N4O/c1-4-20(16-8-5-7-14(2)13-16)12-10-18-17(22)15(3)21-11-6-9-19-21/h5-9,11,13,15H,4,10,12H2,1-3H3,(H,18,22). The summed E-state index contributed by atoms with van der Waals surface area (Å²) in [6, 6.07) is 9.95. The van der Waals surface area contributed by atoms with E-state index in [1.807, 2.05) is 13.0 Å². The van der Waals surface area contributed by atoms with Gasteiger partial charge in [-0.3, -0.25) is 9.48 Å². The van der Waals surface area contributed by atoms with Crippen LogP contribution in [0.1, 0.15) is 25.5 Å². The van der Waals surface area contributed by atoms with Crippen LogP contribution in [0, 0.1) is 6.92 Å². The molecule has 1 amide bonds. The lowest BCUT2D eigenvalue weighted by Crippen LogP contribution is -2.38. The van der Waals surface area contributed by atoms with Gasteiger partial charge in [-0.05, 0) is 44.5 Å². The third-order valence-electron chi connectivity index (χ3n) is 3.73. The molecule has 0 saturated carbocycles. The Hall–Kier alpha value is -2.30. The molecule has 1 heterocycles. The van der Waals surface area contributed by atoms with Gasteiger partial charge < -0.3 is 10.2 Å². The zero-order valence-electron chi connectivity index (χ0n) is 13.5. The number of rotatable bonds is 7. The lowest BCUT2D eigenvalue weighted by atomic mass is 10.2. The van der Waals surface area contributed by atoms with Gasteiger partial charge in [-0.2, -0.15) is 5.10 Å². The van der Waals surface area contributed by atoms with Gasteiger partial charge in [-0.25, -0.2) is 0 Å². The largest absolute Gasteiger partial charge is 0.370 e. The first-order valence-electron chi connectivity index (χ1n) is 7.70. The minimum atomic E-state index is -0.288. The van der Waals surface area contributed by atoms with E-state index in [0.29, 0.717) is 6.54 Å². The molecule has 22 heavy (non-hydrogen) atoms. The molecule has 118 valence electrons. The highest BCUT2D eigenvalue weighted by Crippen LogP contribution is 2.15. The van der Waals surface area contributed by atoms with Gasteiger partial charge >= 0.3 is 0 Å². The molecular formula is C17H24N4O. The SMILES string of the molecule is CCN(CCNC(=O)C(C)n1cccn1)c1cccc(C)c1. The number of likely N-dealkylation sites (N-methyl/N-ethyl adjacent to an activating group) is 1. The number of nitrogens with zero attached hydrogens (tertiary/aromatic N) is 3. The van der Waals surface area contributed by atoms with Crippen LogP contribution in [0.5, 0.6) is 0 Å². The number of carbonyl (C=O) groups is 1. The van der Waals surface area contributed by atoms with Crippen LogP contribution in [-0.2, 0) is 4.79 Å². The zero-order valence-corrected chi connectivity index (χ0v) is 13.5. The maximum absolute atomic E-state index is 12.1. The first-order valence-corrected chi connectivity index (χ1v) is 7.70. The molecule has 1 aromatic carbocycles.